The molecular formula is C33H36O3S. The van der Waals surface area contributed by atoms with Crippen molar-refractivity contribution in [1.82, 2.24) is 0 Å². The molecule has 12 bridgehead atoms. The topological polar surface area (TPSA) is 54.4 Å². The lowest BCUT2D eigenvalue weighted by molar-refractivity contribution is 0.0893. The summed E-state index contributed by atoms with van der Waals surface area (Å²) < 4.78 is 37.9. The summed E-state index contributed by atoms with van der Waals surface area (Å²) in [6, 6.07) is 4.62. The first kappa shape index (κ1) is 21.2. The van der Waals surface area contributed by atoms with E-state index < -0.39 is 10.1 Å². The van der Waals surface area contributed by atoms with Crippen LogP contribution in [0.2, 0.25) is 0 Å². The normalized spacial score (nSPS) is 47.2. The minimum atomic E-state index is -4.35. The van der Waals surface area contributed by atoms with Crippen LogP contribution >= 0.6 is 0 Å². The average Bonchev–Trinajstić information content (AvgIpc) is 2.87. The van der Waals surface area contributed by atoms with Gasteiger partial charge in [0.15, 0.2) is 0 Å². The number of hydrogen-bond donors (Lipinski definition) is 1. The monoisotopic (exact) mass is 512 g/mol. The molecule has 9 saturated carbocycles. The van der Waals surface area contributed by atoms with Gasteiger partial charge in [-0.1, -0.05) is 28.9 Å². The summed E-state index contributed by atoms with van der Waals surface area (Å²) in [5, 5.41) is 0. The van der Waals surface area contributed by atoms with Crippen LogP contribution in [0.4, 0.5) is 0 Å². The molecule has 0 saturated heterocycles. The highest BCUT2D eigenvalue weighted by Gasteiger charge is 2.58. The van der Waals surface area contributed by atoms with Crippen LogP contribution in [-0.4, -0.2) is 13.0 Å². The molecule has 4 heteroatoms. The second kappa shape index (κ2) is 6.39. The van der Waals surface area contributed by atoms with Gasteiger partial charge in [-0.15, -0.1) is 0 Å². The van der Waals surface area contributed by atoms with Gasteiger partial charge in [0, 0.05) is 10.8 Å². The molecule has 0 heterocycles. The highest BCUT2D eigenvalue weighted by molar-refractivity contribution is 7.86. The van der Waals surface area contributed by atoms with Crippen molar-refractivity contribution >= 4 is 15.7 Å². The first-order valence-electron chi connectivity index (χ1n) is 15.1. The van der Waals surface area contributed by atoms with Crippen molar-refractivity contribution in [2.24, 2.45) is 41.4 Å². The Balaban J connectivity index is 1.25. The molecule has 0 radical (unpaired) electrons. The van der Waals surface area contributed by atoms with Crippen molar-refractivity contribution < 1.29 is 13.0 Å². The fourth-order valence-corrected chi connectivity index (χ4v) is 13.2. The Kier molecular flexibility index (Phi) is 3.66. The molecule has 192 valence electrons. The van der Waals surface area contributed by atoms with E-state index in [1.54, 1.807) is 22.3 Å². The molecule has 1 aromatic rings. The zero-order valence-electron chi connectivity index (χ0n) is 21.5. The summed E-state index contributed by atoms with van der Waals surface area (Å²) in [5.41, 5.74) is 9.67. The zero-order chi connectivity index (χ0) is 24.5. The van der Waals surface area contributed by atoms with E-state index in [0.717, 1.165) is 67.4 Å². The van der Waals surface area contributed by atoms with Crippen LogP contribution in [-0.2, 0) is 20.9 Å². The summed E-state index contributed by atoms with van der Waals surface area (Å²) >= 11 is 0. The van der Waals surface area contributed by atoms with E-state index in [0.29, 0.717) is 28.6 Å². The summed E-state index contributed by atoms with van der Waals surface area (Å²) in [5.74, 6) is 4.91. The standard InChI is InChI=1S/C33H36O3S/c34-37(35,36)31-28(32-3-1-25-21(13-32)9-22(25)14-32)11-18(27-7-17-5-19-8-20(6-17)30(19)27)12-29(31)33-4-2-26-23(15-33)10-24(26)16-33/h1-2,11-12,17,19-24H,3-10,13-16H2,(H,34,35,36). The number of fused-ring (bicyclic) bond motifs is 3. The molecule has 0 aliphatic heterocycles. The van der Waals surface area contributed by atoms with E-state index in [2.05, 4.69) is 24.3 Å². The highest BCUT2D eigenvalue weighted by Crippen LogP contribution is 2.68. The average molecular weight is 513 g/mol. The van der Waals surface area contributed by atoms with Crippen molar-refractivity contribution in [3.8, 4) is 0 Å². The van der Waals surface area contributed by atoms with Crippen LogP contribution in [0.1, 0.15) is 93.7 Å². The molecule has 15 aliphatic rings. The summed E-state index contributed by atoms with van der Waals surface area (Å²) in [7, 11) is -4.35. The Morgan fingerprint density at radius 1 is 0.703 bits per heavy atom. The maximum atomic E-state index is 13.5. The molecule has 37 heavy (non-hydrogen) atoms. The van der Waals surface area contributed by atoms with E-state index in [9.17, 15) is 13.0 Å². The van der Waals surface area contributed by atoms with Gasteiger partial charge in [0.2, 0.25) is 0 Å². The third-order valence-electron chi connectivity index (χ3n) is 13.4. The van der Waals surface area contributed by atoms with E-state index >= 15 is 0 Å². The Hall–Kier alpha value is -1.65. The molecule has 1 aromatic carbocycles. The summed E-state index contributed by atoms with van der Waals surface area (Å²) in [6.45, 7) is 0. The first-order chi connectivity index (χ1) is 17.8. The van der Waals surface area contributed by atoms with Crippen LogP contribution in [0, 0.1) is 41.4 Å². The van der Waals surface area contributed by atoms with Gasteiger partial charge in [-0.25, -0.2) is 0 Å². The van der Waals surface area contributed by atoms with E-state index in [4.69, 9.17) is 0 Å². The van der Waals surface area contributed by atoms with Crippen LogP contribution in [0.3, 0.4) is 0 Å². The number of allylic oxidation sites excluding steroid dienone is 6. The largest absolute Gasteiger partial charge is 0.295 e. The number of rotatable bonds is 4. The number of benzene rings is 1. The van der Waals surface area contributed by atoms with Crippen molar-refractivity contribution in [2.75, 3.05) is 0 Å². The van der Waals surface area contributed by atoms with Crippen LogP contribution < -0.4 is 0 Å². The quantitative estimate of drug-likeness (QED) is 0.345. The SMILES string of the molecule is O=S(=O)(O)c1c(C23CC=C4C(CC4C2)C3)cc(C2=C3C4CC(C2)CC3C4)cc1C12CC=C3C(CC3C1)C2. The zero-order valence-corrected chi connectivity index (χ0v) is 22.3. The third-order valence-corrected chi connectivity index (χ3v) is 14.3. The number of hydrogen-bond acceptors (Lipinski definition) is 2. The van der Waals surface area contributed by atoms with Crippen molar-refractivity contribution in [2.45, 2.75) is 92.8 Å². The minimum Gasteiger partial charge on any atom is -0.282 e. The summed E-state index contributed by atoms with van der Waals surface area (Å²) in [4.78, 5) is 0.337. The molecular weight excluding hydrogens is 476 g/mol. The third kappa shape index (κ3) is 2.48. The Labute approximate surface area is 220 Å². The van der Waals surface area contributed by atoms with Gasteiger partial charge in [0.25, 0.3) is 10.1 Å². The molecule has 6 unspecified atom stereocenters. The molecule has 0 aromatic heterocycles. The van der Waals surface area contributed by atoms with Crippen molar-refractivity contribution in [3.05, 3.63) is 57.7 Å². The van der Waals surface area contributed by atoms with Gasteiger partial charge in [-0.05, 0) is 153 Å². The lowest BCUT2D eigenvalue weighted by Crippen LogP contribution is -2.51. The van der Waals surface area contributed by atoms with Crippen LogP contribution in [0.5, 0.6) is 0 Å². The molecule has 1 N–H and O–H groups in total. The molecule has 9 fully saturated rings. The molecule has 3 nitrogen and oxygen atoms in total. The van der Waals surface area contributed by atoms with Gasteiger partial charge < -0.3 is 0 Å². The Morgan fingerprint density at radius 3 is 1.62 bits per heavy atom. The Morgan fingerprint density at radius 2 is 1.19 bits per heavy atom. The van der Waals surface area contributed by atoms with Crippen LogP contribution in [0.25, 0.3) is 5.57 Å². The molecule has 6 atom stereocenters. The maximum Gasteiger partial charge on any atom is 0.295 e. The van der Waals surface area contributed by atoms with Gasteiger partial charge in [0.1, 0.15) is 4.90 Å². The van der Waals surface area contributed by atoms with Gasteiger partial charge in [-0.3, -0.25) is 4.55 Å². The second-order valence-electron chi connectivity index (χ2n) is 14.9. The van der Waals surface area contributed by atoms with Crippen molar-refractivity contribution in [1.29, 1.82) is 0 Å². The highest BCUT2D eigenvalue weighted by atomic mass is 32.2. The predicted molar refractivity (Wildman–Crippen MR) is 143 cm³/mol. The lowest BCUT2D eigenvalue weighted by Gasteiger charge is -2.60. The van der Waals surface area contributed by atoms with E-state index in [1.807, 2.05) is 0 Å². The molecule has 0 amide bonds. The van der Waals surface area contributed by atoms with Crippen molar-refractivity contribution in [3.63, 3.8) is 0 Å². The Bertz CT molecular complexity index is 1410. The van der Waals surface area contributed by atoms with E-state index in [1.165, 1.54) is 44.1 Å². The minimum absolute atomic E-state index is 0.128. The summed E-state index contributed by atoms with van der Waals surface area (Å²) in [6.07, 6.45) is 19.0. The second-order valence-corrected chi connectivity index (χ2v) is 16.3. The first-order valence-corrected chi connectivity index (χ1v) is 16.5. The fraction of sp³-hybridized carbons (Fsp3) is 0.636. The van der Waals surface area contributed by atoms with Gasteiger partial charge in [0.05, 0.1) is 0 Å². The lowest BCUT2D eigenvalue weighted by atomic mass is 9.44. The van der Waals surface area contributed by atoms with Crippen LogP contribution in [0.15, 0.2) is 45.9 Å². The molecule has 16 rings (SSSR count). The smallest absolute Gasteiger partial charge is 0.282 e. The molecule has 15 aliphatic carbocycles. The van der Waals surface area contributed by atoms with Gasteiger partial charge in [-0.2, -0.15) is 8.42 Å². The maximum absolute atomic E-state index is 13.5. The predicted octanol–water partition coefficient (Wildman–Crippen LogP) is 7.13. The fourth-order valence-electron chi connectivity index (χ4n) is 12.1. The van der Waals surface area contributed by atoms with Gasteiger partial charge >= 0.3 is 0 Å². The van der Waals surface area contributed by atoms with E-state index in [-0.39, 0.29) is 10.8 Å². The molecule has 0 spiro atoms.